The van der Waals surface area contributed by atoms with E-state index in [-0.39, 0.29) is 0 Å². The molecule has 0 saturated heterocycles. The van der Waals surface area contributed by atoms with Crippen LogP contribution in [0.25, 0.3) is 0 Å². The summed E-state index contributed by atoms with van der Waals surface area (Å²) in [5.74, 6) is -3.25. The van der Waals surface area contributed by atoms with Gasteiger partial charge in [0.15, 0.2) is 0 Å². The molecule has 0 radical (unpaired) electrons. The van der Waals surface area contributed by atoms with Gasteiger partial charge in [-0.2, -0.15) is 0 Å². The van der Waals surface area contributed by atoms with Crippen LogP contribution in [0, 0.1) is 0 Å². The minimum atomic E-state index is -1.08. The van der Waals surface area contributed by atoms with Crippen molar-refractivity contribution in [2.24, 2.45) is 0 Å². The number of hydrogen-bond acceptors (Lipinski definition) is 6. The fourth-order valence-electron chi connectivity index (χ4n) is 0. The van der Waals surface area contributed by atoms with Crippen molar-refractivity contribution in [3.63, 3.8) is 0 Å². The van der Waals surface area contributed by atoms with Crippen molar-refractivity contribution in [1.29, 1.82) is 0 Å². The van der Waals surface area contributed by atoms with E-state index in [1.54, 1.807) is 6.55 Å². The fourth-order valence-corrected chi connectivity index (χ4v) is 0. The van der Waals surface area contributed by atoms with Crippen molar-refractivity contribution in [2.75, 3.05) is 0 Å². The van der Waals surface area contributed by atoms with Gasteiger partial charge in [0.2, 0.25) is 0 Å². The van der Waals surface area contributed by atoms with Crippen LogP contribution in [0.3, 0.4) is 0 Å². The van der Waals surface area contributed by atoms with E-state index in [0.717, 1.165) is 20.8 Å². The summed E-state index contributed by atoms with van der Waals surface area (Å²) >= 11 is 0. The second kappa shape index (κ2) is 22.6. The van der Waals surface area contributed by atoms with Crippen LogP contribution in [0.2, 0.25) is 6.55 Å². The Morgan fingerprint density at radius 3 is 0.714 bits per heavy atom. The Kier molecular flexibility index (Phi) is 37.0. The van der Waals surface area contributed by atoms with Crippen molar-refractivity contribution in [2.45, 2.75) is 27.3 Å². The zero-order valence-electron chi connectivity index (χ0n) is 8.45. The van der Waals surface area contributed by atoms with Gasteiger partial charge in [-0.15, -0.1) is 0 Å². The maximum atomic E-state index is 8.89. The number of aliphatic carboxylic acids is 3. The molecule has 14 heavy (non-hydrogen) atoms. The van der Waals surface area contributed by atoms with Gasteiger partial charge in [-0.1, -0.05) is 0 Å². The molecule has 0 aromatic rings. The van der Waals surface area contributed by atoms with Crippen LogP contribution in [0.5, 0.6) is 0 Å². The number of carbonyl (C=O) groups is 3. The molecule has 80 valence electrons. The quantitative estimate of drug-likeness (QED) is 0.390. The summed E-state index contributed by atoms with van der Waals surface area (Å²) < 4.78 is 0. The molecule has 0 aliphatic rings. The van der Waals surface area contributed by atoms with E-state index in [2.05, 4.69) is 10.2 Å². The molecule has 0 rings (SSSR count). The summed E-state index contributed by atoms with van der Waals surface area (Å²) in [4.78, 5) is 26.7. The second-order valence-corrected chi connectivity index (χ2v) is 1.47. The van der Waals surface area contributed by atoms with Crippen molar-refractivity contribution < 1.29 is 29.7 Å². The van der Waals surface area contributed by atoms with Gasteiger partial charge in [-0.3, -0.25) is 0 Å². The predicted molar refractivity (Wildman–Crippen MR) is 43.7 cm³/mol. The Balaban J connectivity index is -0.0000000492. The summed E-state index contributed by atoms with van der Waals surface area (Å²) in [5, 5.41) is 26.7. The van der Waals surface area contributed by atoms with Crippen molar-refractivity contribution in [1.82, 2.24) is 0 Å². The Morgan fingerprint density at radius 1 is 0.714 bits per heavy atom. The molecule has 0 unspecified atom stereocenters. The number of carbonyl (C=O) groups excluding carboxylic acids is 3. The molecular formula is C7H12O6Si. The first-order valence-corrected chi connectivity index (χ1v) is 4.22. The summed E-state index contributed by atoms with van der Waals surface area (Å²) in [6, 6.07) is 0. The van der Waals surface area contributed by atoms with Gasteiger partial charge in [-0.25, -0.2) is 0 Å². The van der Waals surface area contributed by atoms with Crippen LogP contribution in [0.1, 0.15) is 20.8 Å². The van der Waals surface area contributed by atoms with Crippen molar-refractivity contribution >= 4 is 28.2 Å². The molecule has 0 spiro atoms. The van der Waals surface area contributed by atoms with Crippen LogP contribution in [-0.4, -0.2) is 28.2 Å². The SMILES string of the molecule is CC(=O)[O-].CC(=O)[O-].CC(=O)[O-].C[Si+3]. The van der Waals surface area contributed by atoms with E-state index in [1.165, 1.54) is 0 Å². The summed E-state index contributed by atoms with van der Waals surface area (Å²) in [6.07, 6.45) is 0. The third-order valence-corrected chi connectivity index (χ3v) is 0. The molecule has 0 heterocycles. The van der Waals surface area contributed by atoms with Crippen LogP contribution in [-0.2, 0) is 14.4 Å². The standard InChI is InChI=1S/3C2H4O2.CH3Si/c3*1-2(3)4;1-2/h3*1H3,(H,3,4);1H3/q;;;+3/p-3. The molecule has 0 atom stereocenters. The molecule has 7 heteroatoms. The van der Waals surface area contributed by atoms with Crippen LogP contribution in [0.15, 0.2) is 0 Å². The minimum absolute atomic E-state index is 0.972. The van der Waals surface area contributed by atoms with E-state index in [0.29, 0.717) is 0 Å². The zero-order chi connectivity index (χ0) is 12.7. The van der Waals surface area contributed by atoms with Crippen LogP contribution >= 0.6 is 0 Å². The molecule has 6 nitrogen and oxygen atoms in total. The first-order chi connectivity index (χ1) is 6.20. The Labute approximate surface area is 86.0 Å². The Hall–Kier alpha value is -1.37. The zero-order valence-corrected chi connectivity index (χ0v) is 9.45. The summed E-state index contributed by atoms with van der Waals surface area (Å²) in [5.41, 5.74) is 0. The number of carboxylic acids is 3. The molecule has 0 saturated carbocycles. The molecule has 0 aromatic heterocycles. The normalized spacial score (nSPS) is 5.86. The van der Waals surface area contributed by atoms with Gasteiger partial charge in [0.1, 0.15) is 0 Å². The van der Waals surface area contributed by atoms with Gasteiger partial charge in [0.05, 0.1) is 0 Å². The average Bonchev–Trinajstić information content (AvgIpc) is 1.86. The van der Waals surface area contributed by atoms with E-state index >= 15 is 0 Å². The summed E-state index contributed by atoms with van der Waals surface area (Å²) in [7, 11) is 2.97. The topological polar surface area (TPSA) is 120 Å². The number of rotatable bonds is 0. The third kappa shape index (κ3) is 522. The Morgan fingerprint density at radius 2 is 0.714 bits per heavy atom. The van der Waals surface area contributed by atoms with Crippen molar-refractivity contribution in [3.05, 3.63) is 0 Å². The van der Waals surface area contributed by atoms with Gasteiger partial charge in [-0.05, 0) is 20.8 Å². The number of carboxylic acid groups (broad SMARTS) is 3. The molecule has 0 fully saturated rings. The third-order valence-electron chi connectivity index (χ3n) is 0. The van der Waals surface area contributed by atoms with Gasteiger partial charge >= 0.3 is 16.8 Å². The van der Waals surface area contributed by atoms with Gasteiger partial charge in [0, 0.05) is 17.9 Å². The van der Waals surface area contributed by atoms with E-state index in [4.69, 9.17) is 29.7 Å². The first kappa shape index (κ1) is 22.9. The molecular weight excluding hydrogens is 208 g/mol. The molecule has 0 bridgehead atoms. The molecule has 0 aliphatic carbocycles. The molecule has 0 N–H and O–H groups in total. The number of hydrogen-bond donors (Lipinski definition) is 0. The Bertz CT molecular complexity index is 116. The van der Waals surface area contributed by atoms with Crippen LogP contribution < -0.4 is 15.3 Å². The van der Waals surface area contributed by atoms with E-state index < -0.39 is 17.9 Å². The van der Waals surface area contributed by atoms with Gasteiger partial charge in [0.25, 0.3) is 0 Å². The molecule has 0 aliphatic heterocycles. The maximum absolute atomic E-state index is 8.89. The predicted octanol–water partition coefficient (Wildman–Crippen LogP) is -3.53. The van der Waals surface area contributed by atoms with Crippen LogP contribution in [0.4, 0.5) is 0 Å². The van der Waals surface area contributed by atoms with E-state index in [9.17, 15) is 0 Å². The fraction of sp³-hybridized carbons (Fsp3) is 0.571. The van der Waals surface area contributed by atoms with E-state index in [1.807, 2.05) is 0 Å². The first-order valence-electron chi connectivity index (χ1n) is 3.22. The molecule has 0 amide bonds. The molecule has 0 aromatic carbocycles. The van der Waals surface area contributed by atoms with Crippen molar-refractivity contribution in [3.8, 4) is 0 Å². The van der Waals surface area contributed by atoms with Gasteiger partial charge < -0.3 is 29.7 Å². The average molecular weight is 220 g/mol. The second-order valence-electron chi connectivity index (χ2n) is 1.47. The monoisotopic (exact) mass is 220 g/mol. The summed E-state index contributed by atoms with van der Waals surface area (Å²) in [6.45, 7) is 4.72.